The molecule has 1 aliphatic heterocycles. The summed E-state index contributed by atoms with van der Waals surface area (Å²) in [5.74, 6) is 0.593. The first kappa shape index (κ1) is 32.5. The molecule has 2 aliphatic rings. The number of nitrogens with one attached hydrogen (secondary N) is 1. The molecule has 11 heteroatoms. The quantitative estimate of drug-likeness (QED) is 0.239. The second kappa shape index (κ2) is 14.4. The van der Waals surface area contributed by atoms with Crippen LogP contribution in [0.5, 0.6) is 11.5 Å². The third kappa shape index (κ3) is 7.66. The molecular formula is C34H40N2O8S. The van der Waals surface area contributed by atoms with Crippen molar-refractivity contribution < 1.29 is 37.6 Å². The van der Waals surface area contributed by atoms with E-state index < -0.39 is 33.5 Å². The molecule has 3 aromatic rings. The first-order chi connectivity index (χ1) is 21.7. The van der Waals surface area contributed by atoms with E-state index in [1.54, 1.807) is 79.9 Å². The minimum Gasteiger partial charge on any atom is -0.497 e. The van der Waals surface area contributed by atoms with Crippen molar-refractivity contribution in [3.05, 3.63) is 90.0 Å². The summed E-state index contributed by atoms with van der Waals surface area (Å²) in [7, 11) is -2.23. The predicted molar refractivity (Wildman–Crippen MR) is 169 cm³/mol. The maximum atomic E-state index is 14.5. The van der Waals surface area contributed by atoms with Gasteiger partial charge in [0.2, 0.25) is 5.90 Å². The van der Waals surface area contributed by atoms with E-state index in [-0.39, 0.29) is 35.6 Å². The Morgan fingerprint density at radius 1 is 1.00 bits per heavy atom. The molecule has 0 bridgehead atoms. The van der Waals surface area contributed by atoms with Crippen LogP contribution in [0.15, 0.2) is 88.8 Å². The second-order valence-electron chi connectivity index (χ2n) is 11.4. The highest BCUT2D eigenvalue weighted by Crippen LogP contribution is 2.44. The van der Waals surface area contributed by atoms with Gasteiger partial charge in [0.05, 0.1) is 30.5 Å². The van der Waals surface area contributed by atoms with E-state index >= 15 is 0 Å². The molecule has 240 valence electrons. The zero-order valence-electron chi connectivity index (χ0n) is 25.3. The lowest BCUT2D eigenvalue weighted by Gasteiger charge is -2.34. The number of ether oxygens (including phenoxy) is 3. The summed E-state index contributed by atoms with van der Waals surface area (Å²) in [4.78, 5) is 19.6. The second-order valence-corrected chi connectivity index (χ2v) is 13.5. The molecule has 1 fully saturated rings. The van der Waals surface area contributed by atoms with Gasteiger partial charge < -0.3 is 29.7 Å². The van der Waals surface area contributed by atoms with Crippen molar-refractivity contribution in [1.82, 2.24) is 5.32 Å². The number of aliphatic hydroxyl groups is 2. The molecule has 0 aromatic heterocycles. The van der Waals surface area contributed by atoms with Crippen LogP contribution < -0.4 is 14.8 Å². The standard InChI is InChI=1S/C34H40N2O8S/c1-42-29-8-5-7-25(23-29)31-34(33(39)35-26-13-15-27(38)16-14-26,19-22-45(40,41)30-9-3-2-4-10-30)36-32(44-31)24-11-17-28(18-12-24)43-21-6-20-37/h2-5,7-12,17-18,23,26-27,31,37-38H,6,13-16,19-22H2,1H3,(H,35,39)/t26?,27?,31-,34-/m1/s1. The van der Waals surface area contributed by atoms with Crippen LogP contribution in [-0.4, -0.2) is 74.2 Å². The number of aliphatic hydroxyl groups excluding tert-OH is 2. The maximum absolute atomic E-state index is 14.5. The number of benzene rings is 3. The number of amides is 1. The van der Waals surface area contributed by atoms with Crippen LogP contribution in [0.4, 0.5) is 0 Å². The molecule has 0 radical (unpaired) electrons. The Morgan fingerprint density at radius 2 is 1.73 bits per heavy atom. The van der Waals surface area contributed by atoms with Crippen molar-refractivity contribution in [1.29, 1.82) is 0 Å². The number of rotatable bonds is 13. The van der Waals surface area contributed by atoms with E-state index in [0.717, 1.165) is 0 Å². The maximum Gasteiger partial charge on any atom is 0.252 e. The summed E-state index contributed by atoms with van der Waals surface area (Å²) >= 11 is 0. The Bertz CT molecular complexity index is 1570. The van der Waals surface area contributed by atoms with E-state index in [1.807, 2.05) is 6.07 Å². The highest BCUT2D eigenvalue weighted by Gasteiger charge is 2.54. The molecule has 1 aliphatic carbocycles. The smallest absolute Gasteiger partial charge is 0.252 e. The van der Waals surface area contributed by atoms with Crippen LogP contribution in [0.1, 0.15) is 55.8 Å². The van der Waals surface area contributed by atoms with Gasteiger partial charge >= 0.3 is 0 Å². The largest absolute Gasteiger partial charge is 0.497 e. The van der Waals surface area contributed by atoms with Crippen molar-refractivity contribution in [3.63, 3.8) is 0 Å². The van der Waals surface area contributed by atoms with E-state index in [1.165, 1.54) is 0 Å². The summed E-state index contributed by atoms with van der Waals surface area (Å²) in [6.45, 7) is 0.391. The molecule has 2 atom stereocenters. The van der Waals surface area contributed by atoms with Gasteiger partial charge in [0.15, 0.2) is 21.5 Å². The Hall–Kier alpha value is -3.93. The van der Waals surface area contributed by atoms with Crippen LogP contribution >= 0.6 is 0 Å². The summed E-state index contributed by atoms with van der Waals surface area (Å²) in [6.07, 6.45) is 1.34. The topological polar surface area (TPSA) is 144 Å². The van der Waals surface area contributed by atoms with Gasteiger partial charge in [-0.05, 0) is 79.8 Å². The summed E-state index contributed by atoms with van der Waals surface area (Å²) in [6, 6.07) is 22.2. The zero-order chi connectivity index (χ0) is 31.9. The third-order valence-corrected chi connectivity index (χ3v) is 10.0. The molecule has 3 aromatic carbocycles. The Balaban J connectivity index is 1.55. The molecule has 0 unspecified atom stereocenters. The van der Waals surface area contributed by atoms with E-state index in [4.69, 9.17) is 24.3 Å². The van der Waals surface area contributed by atoms with Gasteiger partial charge in [0, 0.05) is 31.1 Å². The molecule has 1 saturated carbocycles. The fraction of sp³-hybridized carbons (Fsp3) is 0.412. The molecule has 1 amide bonds. The van der Waals surface area contributed by atoms with Crippen LogP contribution in [0.2, 0.25) is 0 Å². The normalized spacial score (nSPS) is 23.1. The number of hydrogen-bond donors (Lipinski definition) is 3. The molecule has 0 saturated heterocycles. The van der Waals surface area contributed by atoms with Crippen molar-refractivity contribution in [2.24, 2.45) is 4.99 Å². The Morgan fingerprint density at radius 3 is 2.42 bits per heavy atom. The van der Waals surface area contributed by atoms with E-state index in [9.17, 15) is 18.3 Å². The molecular weight excluding hydrogens is 596 g/mol. The fourth-order valence-electron chi connectivity index (χ4n) is 5.74. The minimum absolute atomic E-state index is 0.0277. The lowest BCUT2D eigenvalue weighted by Crippen LogP contribution is -2.53. The molecule has 10 nitrogen and oxygen atoms in total. The summed E-state index contributed by atoms with van der Waals surface area (Å²) in [5.41, 5.74) is -0.419. The number of aliphatic imine (C=N–C) groups is 1. The third-order valence-electron chi connectivity index (χ3n) is 8.31. The average Bonchev–Trinajstić information content (AvgIpc) is 3.47. The molecule has 0 spiro atoms. The highest BCUT2D eigenvalue weighted by atomic mass is 32.2. The van der Waals surface area contributed by atoms with Gasteiger partial charge in [-0.15, -0.1) is 0 Å². The lowest BCUT2D eigenvalue weighted by atomic mass is 9.84. The average molecular weight is 637 g/mol. The molecule has 45 heavy (non-hydrogen) atoms. The van der Waals surface area contributed by atoms with E-state index in [2.05, 4.69) is 5.32 Å². The zero-order valence-corrected chi connectivity index (χ0v) is 26.1. The van der Waals surface area contributed by atoms with E-state index in [0.29, 0.717) is 61.3 Å². The van der Waals surface area contributed by atoms with Crippen LogP contribution in [0.25, 0.3) is 0 Å². The van der Waals surface area contributed by atoms with Crippen LogP contribution in [0, 0.1) is 0 Å². The van der Waals surface area contributed by atoms with Crippen molar-refractivity contribution in [3.8, 4) is 11.5 Å². The highest BCUT2D eigenvalue weighted by molar-refractivity contribution is 7.91. The number of nitrogens with zero attached hydrogens (tertiary/aromatic N) is 1. The lowest BCUT2D eigenvalue weighted by molar-refractivity contribution is -0.130. The summed E-state index contributed by atoms with van der Waals surface area (Å²) in [5, 5.41) is 22.2. The van der Waals surface area contributed by atoms with Gasteiger partial charge in [0.25, 0.3) is 5.91 Å². The monoisotopic (exact) mass is 636 g/mol. The number of sulfone groups is 1. The molecule has 5 rings (SSSR count). The Labute approximate surface area is 264 Å². The molecule has 1 heterocycles. The number of methoxy groups -OCH3 is 1. The SMILES string of the molecule is COc1cccc([C@H]2OC(c3ccc(OCCCO)cc3)=N[C@@]2(CCS(=O)(=O)c2ccccc2)C(=O)NC2CCC(O)CC2)c1. The first-order valence-corrected chi connectivity index (χ1v) is 16.9. The first-order valence-electron chi connectivity index (χ1n) is 15.3. The minimum atomic E-state index is -3.77. The summed E-state index contributed by atoms with van der Waals surface area (Å²) < 4.78 is 44.7. The van der Waals surface area contributed by atoms with Gasteiger partial charge in [0.1, 0.15) is 11.5 Å². The predicted octanol–water partition coefficient (Wildman–Crippen LogP) is 4.00. The molecule has 3 N–H and O–H groups in total. The van der Waals surface area contributed by atoms with Crippen molar-refractivity contribution in [2.45, 2.75) is 67.2 Å². The van der Waals surface area contributed by atoms with Gasteiger partial charge in [-0.1, -0.05) is 30.3 Å². The van der Waals surface area contributed by atoms with Crippen LogP contribution in [0.3, 0.4) is 0 Å². The van der Waals surface area contributed by atoms with Crippen LogP contribution in [-0.2, 0) is 19.4 Å². The fourth-order valence-corrected chi connectivity index (χ4v) is 7.13. The number of carbonyl (C=O) groups is 1. The Kier molecular flexibility index (Phi) is 10.4. The van der Waals surface area contributed by atoms with Crippen molar-refractivity contribution >= 4 is 21.6 Å². The number of hydrogen-bond acceptors (Lipinski definition) is 9. The number of carbonyl (C=O) groups excluding carboxylic acids is 1. The van der Waals surface area contributed by atoms with Gasteiger partial charge in [-0.2, -0.15) is 0 Å². The van der Waals surface area contributed by atoms with Crippen molar-refractivity contribution in [2.75, 3.05) is 26.1 Å². The van der Waals surface area contributed by atoms with Gasteiger partial charge in [-0.3, -0.25) is 4.79 Å². The van der Waals surface area contributed by atoms with Gasteiger partial charge in [-0.25, -0.2) is 13.4 Å².